The second-order valence-electron chi connectivity index (χ2n) is 8.90. The number of carbonyl (C=O) groups excluding carboxylic acids is 2. The van der Waals surface area contributed by atoms with Gasteiger partial charge in [0.15, 0.2) is 0 Å². The molecule has 35 heavy (non-hydrogen) atoms. The fraction of sp³-hybridized carbons (Fsp3) is 0.360. The van der Waals surface area contributed by atoms with Crippen molar-refractivity contribution in [3.05, 3.63) is 59.0 Å². The molecule has 1 fully saturated rings. The van der Waals surface area contributed by atoms with Crippen LogP contribution in [-0.4, -0.2) is 69.1 Å². The molecule has 2 N–H and O–H groups in total. The molecule has 0 saturated carbocycles. The number of nitrogens with zero attached hydrogens (tertiary/aromatic N) is 5. The van der Waals surface area contributed by atoms with Crippen LogP contribution in [0.1, 0.15) is 53.1 Å². The van der Waals surface area contributed by atoms with Crippen molar-refractivity contribution in [1.29, 1.82) is 5.41 Å². The summed E-state index contributed by atoms with van der Waals surface area (Å²) >= 11 is 0. The van der Waals surface area contributed by atoms with Crippen LogP contribution in [0.4, 0.5) is 5.82 Å². The predicted octanol–water partition coefficient (Wildman–Crippen LogP) is 2.92. The molecule has 2 aliphatic rings. The Bertz CT molecular complexity index is 1290. The van der Waals surface area contributed by atoms with Gasteiger partial charge in [-0.2, -0.15) is 4.98 Å². The van der Waals surface area contributed by atoms with Crippen molar-refractivity contribution in [2.45, 2.75) is 32.2 Å². The van der Waals surface area contributed by atoms with Crippen LogP contribution in [-0.2, 0) is 11.3 Å². The summed E-state index contributed by atoms with van der Waals surface area (Å²) in [6, 6.07) is 11.1. The van der Waals surface area contributed by atoms with E-state index in [1.54, 1.807) is 24.9 Å². The van der Waals surface area contributed by atoms with Gasteiger partial charge in [-0.3, -0.25) is 9.59 Å². The first-order chi connectivity index (χ1) is 16.9. The highest BCUT2D eigenvalue weighted by Crippen LogP contribution is 2.29. The van der Waals surface area contributed by atoms with Crippen molar-refractivity contribution in [1.82, 2.24) is 24.9 Å². The van der Waals surface area contributed by atoms with Crippen LogP contribution in [0.15, 0.2) is 40.9 Å². The molecule has 0 radical (unpaired) electrons. The summed E-state index contributed by atoms with van der Waals surface area (Å²) in [6.07, 6.45) is 1.42. The van der Waals surface area contributed by atoms with Crippen molar-refractivity contribution in [3.8, 4) is 11.5 Å². The molecule has 2 amide bonds. The topological polar surface area (TPSA) is 128 Å². The number of pyridine rings is 1. The standard InChI is InChI=1S/C25H27N7O3/c1-15(26)18-7-8-20(28-22(18)27-2)23-29-24(35-30-23)16-9-11-31(12-10-16)21(33)14-32-13-17-5-3-4-6-19(17)25(32)34/h3-8,16,26H,9-14H2,1-2H3,(H,27,28). The van der Waals surface area contributed by atoms with Crippen LogP contribution in [0.3, 0.4) is 0 Å². The van der Waals surface area contributed by atoms with Crippen LogP contribution >= 0.6 is 0 Å². The van der Waals surface area contributed by atoms with E-state index in [-0.39, 0.29) is 24.3 Å². The van der Waals surface area contributed by atoms with Crippen molar-refractivity contribution < 1.29 is 14.1 Å². The number of piperidine rings is 1. The lowest BCUT2D eigenvalue weighted by Crippen LogP contribution is -2.44. The molecule has 0 spiro atoms. The highest BCUT2D eigenvalue weighted by atomic mass is 16.5. The minimum absolute atomic E-state index is 0.0406. The van der Waals surface area contributed by atoms with E-state index in [1.165, 1.54) is 0 Å². The minimum Gasteiger partial charge on any atom is -0.373 e. The van der Waals surface area contributed by atoms with Gasteiger partial charge < -0.3 is 25.0 Å². The highest BCUT2D eigenvalue weighted by molar-refractivity contribution is 6.01. The molecule has 180 valence electrons. The summed E-state index contributed by atoms with van der Waals surface area (Å²) in [5.74, 6) is 1.47. The number of carbonyl (C=O) groups is 2. The van der Waals surface area contributed by atoms with Gasteiger partial charge >= 0.3 is 0 Å². The molecular weight excluding hydrogens is 446 g/mol. The van der Waals surface area contributed by atoms with E-state index in [1.807, 2.05) is 35.2 Å². The Morgan fingerprint density at radius 2 is 1.94 bits per heavy atom. The molecule has 4 heterocycles. The molecule has 1 saturated heterocycles. The highest BCUT2D eigenvalue weighted by Gasteiger charge is 2.32. The van der Waals surface area contributed by atoms with E-state index in [0.717, 1.165) is 11.1 Å². The van der Waals surface area contributed by atoms with Gasteiger partial charge in [-0.1, -0.05) is 23.4 Å². The SMILES string of the molecule is CNc1nc(-c2noc(C3CCN(C(=O)CN4Cc5ccccc5C4=O)CC3)n2)ccc1C(C)=N. The van der Waals surface area contributed by atoms with Gasteiger partial charge in [0.2, 0.25) is 17.6 Å². The number of anilines is 1. The average Bonchev–Trinajstić information content (AvgIpc) is 3.49. The Morgan fingerprint density at radius 1 is 1.17 bits per heavy atom. The average molecular weight is 474 g/mol. The number of nitrogens with one attached hydrogen (secondary N) is 2. The molecule has 3 aromatic rings. The lowest BCUT2D eigenvalue weighted by molar-refractivity contribution is -0.133. The molecule has 2 aromatic heterocycles. The number of likely N-dealkylation sites (tertiary alicyclic amines) is 1. The molecule has 0 aliphatic carbocycles. The zero-order valence-electron chi connectivity index (χ0n) is 19.7. The second kappa shape index (κ2) is 9.28. The lowest BCUT2D eigenvalue weighted by atomic mass is 9.96. The van der Waals surface area contributed by atoms with Crippen LogP contribution < -0.4 is 5.32 Å². The maximum atomic E-state index is 12.9. The maximum Gasteiger partial charge on any atom is 0.254 e. The van der Waals surface area contributed by atoms with Gasteiger partial charge in [0, 0.05) is 49.4 Å². The Hall–Kier alpha value is -4.08. The van der Waals surface area contributed by atoms with Gasteiger partial charge in [-0.05, 0) is 43.5 Å². The van der Waals surface area contributed by atoms with Crippen molar-refractivity contribution in [3.63, 3.8) is 0 Å². The Morgan fingerprint density at radius 3 is 2.66 bits per heavy atom. The first-order valence-corrected chi connectivity index (χ1v) is 11.7. The second-order valence-corrected chi connectivity index (χ2v) is 8.90. The Labute approximate surface area is 202 Å². The molecular formula is C25H27N7O3. The first-order valence-electron chi connectivity index (χ1n) is 11.7. The zero-order valence-corrected chi connectivity index (χ0v) is 19.7. The summed E-state index contributed by atoms with van der Waals surface area (Å²) in [7, 11) is 1.76. The third-order valence-electron chi connectivity index (χ3n) is 6.63. The van der Waals surface area contributed by atoms with E-state index in [4.69, 9.17) is 9.93 Å². The summed E-state index contributed by atoms with van der Waals surface area (Å²) in [6.45, 7) is 3.43. The fourth-order valence-corrected chi connectivity index (χ4v) is 4.66. The zero-order chi connectivity index (χ0) is 24.5. The van der Waals surface area contributed by atoms with Crippen LogP contribution in [0.25, 0.3) is 11.5 Å². The van der Waals surface area contributed by atoms with Gasteiger partial charge in [-0.25, -0.2) is 4.98 Å². The van der Waals surface area contributed by atoms with E-state index in [0.29, 0.717) is 67.0 Å². The maximum absolute atomic E-state index is 12.9. The third-order valence-corrected chi connectivity index (χ3v) is 6.63. The van der Waals surface area contributed by atoms with Crippen LogP contribution in [0, 0.1) is 5.41 Å². The van der Waals surface area contributed by atoms with E-state index in [2.05, 4.69) is 20.4 Å². The quantitative estimate of drug-likeness (QED) is 0.527. The molecule has 5 rings (SSSR count). The fourth-order valence-electron chi connectivity index (χ4n) is 4.66. The van der Waals surface area contributed by atoms with E-state index < -0.39 is 0 Å². The van der Waals surface area contributed by atoms with E-state index >= 15 is 0 Å². The predicted molar refractivity (Wildman–Crippen MR) is 129 cm³/mol. The number of rotatable bonds is 6. The monoisotopic (exact) mass is 473 g/mol. The normalized spacial score (nSPS) is 15.9. The summed E-state index contributed by atoms with van der Waals surface area (Å²) in [4.78, 5) is 37.9. The molecule has 0 unspecified atom stereocenters. The molecule has 10 nitrogen and oxygen atoms in total. The van der Waals surface area contributed by atoms with Gasteiger partial charge in [0.05, 0.1) is 0 Å². The first kappa shape index (κ1) is 22.7. The number of fused-ring (bicyclic) bond motifs is 1. The van der Waals surface area contributed by atoms with Crippen molar-refractivity contribution in [2.75, 3.05) is 32.0 Å². The van der Waals surface area contributed by atoms with Crippen LogP contribution in [0.5, 0.6) is 0 Å². The van der Waals surface area contributed by atoms with Gasteiger partial charge in [0.1, 0.15) is 18.1 Å². The molecule has 1 aromatic carbocycles. The molecule has 0 bridgehead atoms. The number of aromatic nitrogens is 3. The minimum atomic E-state index is -0.0823. The number of hydrogen-bond donors (Lipinski definition) is 2. The number of amides is 2. The largest absolute Gasteiger partial charge is 0.373 e. The van der Waals surface area contributed by atoms with E-state index in [9.17, 15) is 9.59 Å². The van der Waals surface area contributed by atoms with Crippen molar-refractivity contribution in [2.24, 2.45) is 0 Å². The van der Waals surface area contributed by atoms with Crippen LogP contribution in [0.2, 0.25) is 0 Å². The Balaban J connectivity index is 1.19. The van der Waals surface area contributed by atoms with Gasteiger partial charge in [-0.15, -0.1) is 0 Å². The molecule has 2 aliphatic heterocycles. The third kappa shape index (κ3) is 4.39. The molecule has 0 atom stereocenters. The van der Waals surface area contributed by atoms with Gasteiger partial charge in [0.25, 0.3) is 5.91 Å². The number of benzene rings is 1. The summed E-state index contributed by atoms with van der Waals surface area (Å²) in [5, 5.41) is 15.0. The lowest BCUT2D eigenvalue weighted by Gasteiger charge is -2.31. The Kier molecular flexibility index (Phi) is 6.02. The molecule has 10 heteroatoms. The smallest absolute Gasteiger partial charge is 0.254 e. The van der Waals surface area contributed by atoms with Crippen molar-refractivity contribution >= 4 is 23.3 Å². The summed E-state index contributed by atoms with van der Waals surface area (Å²) in [5.41, 5.74) is 3.36. The number of hydrogen-bond acceptors (Lipinski definition) is 8. The summed E-state index contributed by atoms with van der Waals surface area (Å²) < 4.78 is 5.54.